The van der Waals surface area contributed by atoms with Crippen LogP contribution in [0, 0.1) is 5.82 Å². The zero-order valence-corrected chi connectivity index (χ0v) is 18.5. The number of halogens is 2. The summed E-state index contributed by atoms with van der Waals surface area (Å²) in [4.78, 5) is 27.6. The molecule has 0 bridgehead atoms. The molecule has 1 amide bonds. The molecule has 1 heterocycles. The monoisotopic (exact) mass is 467 g/mol. The largest absolute Gasteiger partial charge is 0.507 e. The summed E-state index contributed by atoms with van der Waals surface area (Å²) in [6.07, 6.45) is 0. The number of carbonyl (C=O) groups excluding carboxylic acids is 2. The Morgan fingerprint density at radius 1 is 0.970 bits per heavy atom. The first kappa shape index (κ1) is 22.4. The Kier molecular flexibility index (Phi) is 6.07. The number of ether oxygens (including phenoxy) is 2. The number of para-hydroxylation sites is 1. The molecule has 1 unspecified atom stereocenters. The van der Waals surface area contributed by atoms with Gasteiger partial charge in [-0.1, -0.05) is 35.9 Å². The van der Waals surface area contributed by atoms with Gasteiger partial charge in [0.15, 0.2) is 0 Å². The molecule has 6 nitrogen and oxygen atoms in total. The molecule has 1 atom stereocenters. The summed E-state index contributed by atoms with van der Waals surface area (Å²) in [6, 6.07) is 15.6. The van der Waals surface area contributed by atoms with Gasteiger partial charge in [0.1, 0.15) is 23.1 Å². The Labute approximate surface area is 194 Å². The molecule has 168 valence electrons. The molecule has 1 N–H and O–H groups in total. The normalized spacial score (nSPS) is 17.3. The third-order valence-corrected chi connectivity index (χ3v) is 5.62. The lowest BCUT2D eigenvalue weighted by Gasteiger charge is -2.26. The highest BCUT2D eigenvalue weighted by molar-refractivity contribution is 6.51. The van der Waals surface area contributed by atoms with E-state index >= 15 is 0 Å². The topological polar surface area (TPSA) is 76.1 Å². The van der Waals surface area contributed by atoms with E-state index in [1.54, 1.807) is 30.3 Å². The summed E-state index contributed by atoms with van der Waals surface area (Å²) >= 11 is 6.12. The molecule has 0 aliphatic carbocycles. The van der Waals surface area contributed by atoms with Gasteiger partial charge in [-0.3, -0.25) is 14.5 Å². The summed E-state index contributed by atoms with van der Waals surface area (Å²) in [7, 11) is 2.86. The number of benzene rings is 3. The lowest BCUT2D eigenvalue weighted by molar-refractivity contribution is -0.132. The van der Waals surface area contributed by atoms with E-state index in [1.165, 1.54) is 44.6 Å². The third kappa shape index (κ3) is 3.91. The van der Waals surface area contributed by atoms with Crippen molar-refractivity contribution in [3.8, 4) is 11.5 Å². The molecule has 3 aromatic carbocycles. The fourth-order valence-electron chi connectivity index (χ4n) is 3.92. The van der Waals surface area contributed by atoms with Gasteiger partial charge >= 0.3 is 0 Å². The van der Waals surface area contributed by atoms with Crippen LogP contribution in [0.25, 0.3) is 5.76 Å². The van der Waals surface area contributed by atoms with Crippen LogP contribution in [0.2, 0.25) is 5.02 Å². The number of hydrogen-bond acceptors (Lipinski definition) is 5. The standard InChI is InChI=1S/C25H19ClFNO5/c1-32-19-9-4-3-8-17(19)22-21(23(29)18-12-14(26)10-11-20(18)33-2)24(30)25(31)28(22)16-7-5-6-15(27)13-16/h3-13,22,29H,1-2H3/b23-21+. The number of methoxy groups -OCH3 is 2. The maximum atomic E-state index is 14.0. The van der Waals surface area contributed by atoms with Gasteiger partial charge in [0.2, 0.25) is 0 Å². The first-order chi connectivity index (χ1) is 15.9. The van der Waals surface area contributed by atoms with Crippen LogP contribution in [-0.4, -0.2) is 31.0 Å². The van der Waals surface area contributed by atoms with Crippen molar-refractivity contribution in [1.82, 2.24) is 0 Å². The van der Waals surface area contributed by atoms with E-state index < -0.39 is 29.3 Å². The Hall–Kier alpha value is -3.84. The number of hydrogen-bond donors (Lipinski definition) is 1. The minimum Gasteiger partial charge on any atom is -0.507 e. The fraction of sp³-hybridized carbons (Fsp3) is 0.120. The van der Waals surface area contributed by atoms with Crippen molar-refractivity contribution < 1.29 is 28.6 Å². The highest BCUT2D eigenvalue weighted by Crippen LogP contribution is 2.45. The predicted octanol–water partition coefficient (Wildman–Crippen LogP) is 5.12. The van der Waals surface area contributed by atoms with Gasteiger partial charge < -0.3 is 14.6 Å². The Balaban J connectivity index is 2.03. The van der Waals surface area contributed by atoms with Crippen LogP contribution in [0.5, 0.6) is 11.5 Å². The molecule has 1 aliphatic heterocycles. The Morgan fingerprint density at radius 2 is 1.70 bits per heavy atom. The lowest BCUT2D eigenvalue weighted by Crippen LogP contribution is -2.29. The first-order valence-corrected chi connectivity index (χ1v) is 10.3. The molecule has 1 fully saturated rings. The van der Waals surface area contributed by atoms with Crippen molar-refractivity contribution >= 4 is 34.7 Å². The third-order valence-electron chi connectivity index (χ3n) is 5.38. The van der Waals surface area contributed by atoms with E-state index in [-0.39, 0.29) is 22.6 Å². The number of nitrogens with zero attached hydrogens (tertiary/aromatic N) is 1. The maximum Gasteiger partial charge on any atom is 0.300 e. The average molecular weight is 468 g/mol. The Morgan fingerprint density at radius 3 is 2.39 bits per heavy atom. The van der Waals surface area contributed by atoms with Crippen LogP contribution in [0.1, 0.15) is 17.2 Å². The summed E-state index contributed by atoms with van der Waals surface area (Å²) in [5.74, 6) is -2.26. The van der Waals surface area contributed by atoms with Crippen LogP contribution in [0.3, 0.4) is 0 Å². The van der Waals surface area contributed by atoms with Gasteiger partial charge in [0.25, 0.3) is 11.7 Å². The molecule has 0 saturated carbocycles. The van der Waals surface area contributed by atoms with E-state index in [0.717, 1.165) is 11.0 Å². The number of carbonyl (C=O) groups is 2. The number of amides is 1. The molecule has 4 rings (SSSR count). The van der Waals surface area contributed by atoms with Crippen molar-refractivity contribution in [1.29, 1.82) is 0 Å². The van der Waals surface area contributed by atoms with Gasteiger partial charge in [-0.2, -0.15) is 0 Å². The fourth-order valence-corrected chi connectivity index (χ4v) is 4.09. The molecule has 0 radical (unpaired) electrons. The summed E-state index contributed by atoms with van der Waals surface area (Å²) in [5.41, 5.74) is 0.535. The number of Topliss-reactive ketones (excluding diaryl/α,β-unsaturated/α-hetero) is 1. The van der Waals surface area contributed by atoms with Crippen molar-refractivity contribution in [2.75, 3.05) is 19.1 Å². The smallest absolute Gasteiger partial charge is 0.300 e. The van der Waals surface area contributed by atoms with Crippen molar-refractivity contribution in [2.45, 2.75) is 6.04 Å². The van der Waals surface area contributed by atoms with E-state index in [0.29, 0.717) is 16.3 Å². The number of aliphatic hydroxyl groups excluding tert-OH is 1. The zero-order valence-electron chi connectivity index (χ0n) is 17.7. The number of rotatable bonds is 5. The van der Waals surface area contributed by atoms with Crippen LogP contribution < -0.4 is 14.4 Å². The van der Waals surface area contributed by atoms with Crippen LogP contribution in [0.15, 0.2) is 72.3 Å². The van der Waals surface area contributed by atoms with E-state index in [4.69, 9.17) is 21.1 Å². The van der Waals surface area contributed by atoms with Gasteiger partial charge in [-0.25, -0.2) is 4.39 Å². The average Bonchev–Trinajstić information content (AvgIpc) is 3.08. The molecule has 0 aromatic heterocycles. The molecule has 1 aliphatic rings. The maximum absolute atomic E-state index is 14.0. The van der Waals surface area contributed by atoms with Crippen molar-refractivity contribution in [3.05, 3.63) is 94.3 Å². The van der Waals surface area contributed by atoms with Crippen LogP contribution >= 0.6 is 11.6 Å². The summed E-state index contributed by atoms with van der Waals surface area (Å²) in [5, 5.41) is 11.6. The second-order valence-electron chi connectivity index (χ2n) is 7.24. The second kappa shape index (κ2) is 8.96. The highest BCUT2D eigenvalue weighted by atomic mass is 35.5. The molecule has 33 heavy (non-hydrogen) atoms. The Bertz CT molecular complexity index is 1290. The zero-order chi connectivity index (χ0) is 23.7. The molecule has 8 heteroatoms. The number of anilines is 1. The van der Waals surface area contributed by atoms with Crippen LogP contribution in [-0.2, 0) is 9.59 Å². The van der Waals surface area contributed by atoms with Gasteiger partial charge in [-0.15, -0.1) is 0 Å². The van der Waals surface area contributed by atoms with Gasteiger partial charge in [0.05, 0.1) is 31.4 Å². The second-order valence-corrected chi connectivity index (χ2v) is 7.67. The molecule has 0 spiro atoms. The van der Waals surface area contributed by atoms with Crippen molar-refractivity contribution in [3.63, 3.8) is 0 Å². The SMILES string of the molecule is COc1ccc(Cl)cc1/C(O)=C1\C(=O)C(=O)N(c2cccc(F)c2)C1c1ccccc1OC. The number of aliphatic hydroxyl groups is 1. The van der Waals surface area contributed by atoms with E-state index in [1.807, 2.05) is 0 Å². The van der Waals surface area contributed by atoms with E-state index in [9.17, 15) is 19.1 Å². The molecular formula is C25H19ClFNO5. The van der Waals surface area contributed by atoms with Gasteiger partial charge in [-0.05, 0) is 42.5 Å². The lowest BCUT2D eigenvalue weighted by atomic mass is 9.94. The quantitative estimate of drug-likeness (QED) is 0.320. The highest BCUT2D eigenvalue weighted by Gasteiger charge is 2.48. The first-order valence-electron chi connectivity index (χ1n) is 9.90. The van der Waals surface area contributed by atoms with Crippen LogP contribution in [0.4, 0.5) is 10.1 Å². The minimum atomic E-state index is -1.09. The summed E-state index contributed by atoms with van der Waals surface area (Å²) in [6.45, 7) is 0. The van der Waals surface area contributed by atoms with E-state index in [2.05, 4.69) is 0 Å². The molecule has 1 saturated heterocycles. The van der Waals surface area contributed by atoms with Crippen molar-refractivity contribution in [2.24, 2.45) is 0 Å². The number of ketones is 1. The molecule has 3 aromatic rings. The van der Waals surface area contributed by atoms with Gasteiger partial charge in [0, 0.05) is 16.3 Å². The predicted molar refractivity (Wildman–Crippen MR) is 122 cm³/mol. The molecular weight excluding hydrogens is 449 g/mol. The summed E-state index contributed by atoms with van der Waals surface area (Å²) < 4.78 is 24.8. The minimum absolute atomic E-state index is 0.141.